The van der Waals surface area contributed by atoms with E-state index in [4.69, 9.17) is 4.74 Å². The lowest BCUT2D eigenvalue weighted by atomic mass is 10.1. The Hall–Kier alpha value is -3.72. The number of nitrogens with one attached hydrogen (secondary N) is 2. The number of para-hydroxylation sites is 1. The first-order valence-electron chi connectivity index (χ1n) is 9.73. The number of amides is 1. The molecule has 162 valence electrons. The molecule has 0 radical (unpaired) electrons. The number of hydrogen-bond acceptors (Lipinski definition) is 7. The Bertz CT molecular complexity index is 1170. The van der Waals surface area contributed by atoms with Gasteiger partial charge in [-0.25, -0.2) is 0 Å². The van der Waals surface area contributed by atoms with Crippen molar-refractivity contribution in [1.82, 2.24) is 15.3 Å². The summed E-state index contributed by atoms with van der Waals surface area (Å²) in [7, 11) is 0. The van der Waals surface area contributed by atoms with Crippen molar-refractivity contribution in [1.29, 1.82) is 0 Å². The van der Waals surface area contributed by atoms with Crippen LogP contribution in [0.25, 0.3) is 10.9 Å². The molecule has 0 spiro atoms. The highest BCUT2D eigenvalue weighted by Crippen LogP contribution is 2.24. The van der Waals surface area contributed by atoms with E-state index < -0.39 is 18.5 Å². The summed E-state index contributed by atoms with van der Waals surface area (Å²) in [4.78, 5) is 43.2. The number of aryl methyl sites for hydroxylation is 1. The molecule has 0 aliphatic rings. The fourth-order valence-electron chi connectivity index (χ4n) is 3.06. The van der Waals surface area contributed by atoms with Gasteiger partial charge in [0.15, 0.2) is 5.43 Å². The van der Waals surface area contributed by atoms with Gasteiger partial charge in [0, 0.05) is 47.3 Å². The van der Waals surface area contributed by atoms with Crippen LogP contribution in [0.2, 0.25) is 0 Å². The quantitative estimate of drug-likeness (QED) is 0.318. The van der Waals surface area contributed by atoms with Gasteiger partial charge in [-0.1, -0.05) is 12.1 Å². The van der Waals surface area contributed by atoms with Crippen molar-refractivity contribution in [2.24, 2.45) is 0 Å². The van der Waals surface area contributed by atoms with Gasteiger partial charge in [0.05, 0.1) is 12.3 Å². The number of fused-ring (bicyclic) bond motifs is 1. The lowest BCUT2D eigenvalue weighted by Gasteiger charge is -2.11. The lowest BCUT2D eigenvalue weighted by molar-refractivity contribution is -0.145. The predicted octanol–water partition coefficient (Wildman–Crippen LogP) is 1.68. The monoisotopic (exact) mass is 425 g/mol. The molecule has 0 saturated heterocycles. The van der Waals surface area contributed by atoms with Crippen molar-refractivity contribution < 1.29 is 24.5 Å². The molecule has 3 aromatic rings. The number of aliphatic hydroxyl groups is 1. The second-order valence-electron chi connectivity index (χ2n) is 6.97. The van der Waals surface area contributed by atoms with Crippen LogP contribution in [0, 0.1) is 6.92 Å². The maximum Gasteiger partial charge on any atom is 0.306 e. The summed E-state index contributed by atoms with van der Waals surface area (Å²) in [5, 5.41) is 22.5. The zero-order valence-corrected chi connectivity index (χ0v) is 17.0. The van der Waals surface area contributed by atoms with Crippen molar-refractivity contribution in [3.63, 3.8) is 0 Å². The highest BCUT2D eigenvalue weighted by Gasteiger charge is 2.13. The van der Waals surface area contributed by atoms with Gasteiger partial charge in [-0.05, 0) is 25.5 Å². The number of aliphatic hydroxyl groups excluding tert-OH is 1. The van der Waals surface area contributed by atoms with Crippen LogP contribution in [0.3, 0.4) is 0 Å². The van der Waals surface area contributed by atoms with Crippen LogP contribution < -0.4 is 10.7 Å². The number of aromatic hydroxyl groups is 1. The van der Waals surface area contributed by atoms with Crippen molar-refractivity contribution in [3.05, 3.63) is 69.3 Å². The molecule has 2 heterocycles. The van der Waals surface area contributed by atoms with Gasteiger partial charge >= 0.3 is 5.97 Å². The molecule has 9 nitrogen and oxygen atoms in total. The second-order valence-corrected chi connectivity index (χ2v) is 6.97. The average Bonchev–Trinajstić information content (AvgIpc) is 2.77. The summed E-state index contributed by atoms with van der Waals surface area (Å²) in [5.74, 6) is -1.05. The van der Waals surface area contributed by atoms with Crippen LogP contribution in [0.15, 0.2) is 41.3 Å². The number of benzene rings is 1. The van der Waals surface area contributed by atoms with E-state index >= 15 is 0 Å². The van der Waals surface area contributed by atoms with Crippen molar-refractivity contribution in [2.45, 2.75) is 33.0 Å². The van der Waals surface area contributed by atoms with Crippen LogP contribution in [-0.2, 0) is 22.7 Å². The SMILES string of the molecule is Cc1ncc(COC(=O)CCCNC(=O)c2cc(=O)c3ccccc3[nH]2)c(CO)c1O. The molecule has 0 saturated carbocycles. The minimum Gasteiger partial charge on any atom is -0.506 e. The van der Waals surface area contributed by atoms with Gasteiger partial charge in [0.2, 0.25) is 0 Å². The Labute approximate surface area is 177 Å². The van der Waals surface area contributed by atoms with E-state index in [1.807, 2.05) is 0 Å². The third-order valence-corrected chi connectivity index (χ3v) is 4.80. The van der Waals surface area contributed by atoms with Crippen molar-refractivity contribution >= 4 is 22.8 Å². The molecule has 1 aromatic carbocycles. The Morgan fingerprint density at radius 3 is 2.81 bits per heavy atom. The van der Waals surface area contributed by atoms with Crippen LogP contribution >= 0.6 is 0 Å². The Kier molecular flexibility index (Phi) is 6.99. The maximum atomic E-state index is 12.3. The van der Waals surface area contributed by atoms with E-state index in [1.165, 1.54) is 12.3 Å². The largest absolute Gasteiger partial charge is 0.506 e. The van der Waals surface area contributed by atoms with Crippen LogP contribution in [0.1, 0.15) is 40.2 Å². The number of nitrogens with zero attached hydrogens (tertiary/aromatic N) is 1. The van der Waals surface area contributed by atoms with Gasteiger partial charge in [-0.2, -0.15) is 0 Å². The molecule has 1 amide bonds. The lowest BCUT2D eigenvalue weighted by Crippen LogP contribution is -2.27. The number of carbonyl (C=O) groups excluding carboxylic acids is 2. The van der Waals surface area contributed by atoms with Gasteiger partial charge in [-0.15, -0.1) is 0 Å². The molecule has 0 atom stereocenters. The van der Waals surface area contributed by atoms with Crippen molar-refractivity contribution in [2.75, 3.05) is 6.54 Å². The van der Waals surface area contributed by atoms with E-state index in [2.05, 4.69) is 15.3 Å². The number of aromatic amines is 1. The summed E-state index contributed by atoms with van der Waals surface area (Å²) in [6.07, 6.45) is 1.85. The minimum absolute atomic E-state index is 0.0637. The van der Waals surface area contributed by atoms with Crippen LogP contribution in [0.5, 0.6) is 5.75 Å². The number of esters is 1. The summed E-state index contributed by atoms with van der Waals surface area (Å²) in [6.45, 7) is 1.30. The fourth-order valence-corrected chi connectivity index (χ4v) is 3.06. The Balaban J connectivity index is 1.47. The zero-order chi connectivity index (χ0) is 22.4. The summed E-state index contributed by atoms with van der Waals surface area (Å²) in [6, 6.07) is 8.16. The normalized spacial score (nSPS) is 10.8. The van der Waals surface area contributed by atoms with E-state index in [1.54, 1.807) is 31.2 Å². The number of rotatable bonds is 8. The highest BCUT2D eigenvalue weighted by atomic mass is 16.5. The molecule has 0 aliphatic heterocycles. The summed E-state index contributed by atoms with van der Waals surface area (Å²) >= 11 is 0. The number of carbonyl (C=O) groups is 2. The standard InChI is InChI=1S/C22H23N3O6/c1-13-21(29)16(11-26)14(10-24-13)12-31-20(28)7-4-8-23-22(30)18-9-19(27)15-5-2-3-6-17(15)25-18/h2-3,5-6,9-10,26,29H,4,7-8,11-12H2,1H3,(H,23,30)(H,25,27). The molecular formula is C22H23N3O6. The average molecular weight is 425 g/mol. The van der Waals surface area contributed by atoms with Gasteiger partial charge in [0.1, 0.15) is 18.1 Å². The first kappa shape index (κ1) is 22.0. The fraction of sp³-hybridized carbons (Fsp3) is 0.273. The van der Waals surface area contributed by atoms with E-state index in [9.17, 15) is 24.6 Å². The summed E-state index contributed by atoms with van der Waals surface area (Å²) in [5.41, 5.74) is 1.55. The molecule has 4 N–H and O–H groups in total. The number of H-pyrrole nitrogens is 1. The number of aromatic nitrogens is 2. The predicted molar refractivity (Wildman–Crippen MR) is 112 cm³/mol. The zero-order valence-electron chi connectivity index (χ0n) is 17.0. The third-order valence-electron chi connectivity index (χ3n) is 4.80. The van der Waals surface area contributed by atoms with Gasteiger partial charge in [-0.3, -0.25) is 19.4 Å². The second kappa shape index (κ2) is 9.86. The highest BCUT2D eigenvalue weighted by molar-refractivity contribution is 5.94. The maximum absolute atomic E-state index is 12.3. The number of pyridine rings is 2. The summed E-state index contributed by atoms with van der Waals surface area (Å²) < 4.78 is 5.16. The Morgan fingerprint density at radius 1 is 1.26 bits per heavy atom. The van der Waals surface area contributed by atoms with E-state index in [-0.39, 0.29) is 42.0 Å². The van der Waals surface area contributed by atoms with E-state index in [0.29, 0.717) is 28.6 Å². The molecule has 9 heteroatoms. The molecule has 0 aliphatic carbocycles. The molecule has 31 heavy (non-hydrogen) atoms. The topological polar surface area (TPSA) is 142 Å². The molecule has 0 unspecified atom stereocenters. The van der Waals surface area contributed by atoms with Gasteiger partial charge in [0.25, 0.3) is 5.91 Å². The third kappa shape index (κ3) is 5.26. The molecule has 0 fully saturated rings. The first-order valence-corrected chi connectivity index (χ1v) is 9.73. The minimum atomic E-state index is -0.489. The number of ether oxygens (including phenoxy) is 1. The number of hydrogen-bond donors (Lipinski definition) is 4. The molecule has 2 aromatic heterocycles. The van der Waals surface area contributed by atoms with E-state index in [0.717, 1.165) is 0 Å². The Morgan fingerprint density at radius 2 is 2.03 bits per heavy atom. The molecular weight excluding hydrogens is 402 g/mol. The molecule has 0 bridgehead atoms. The first-order chi connectivity index (χ1) is 14.9. The van der Waals surface area contributed by atoms with Crippen LogP contribution in [-0.4, -0.2) is 38.6 Å². The van der Waals surface area contributed by atoms with Gasteiger partial charge < -0.3 is 25.3 Å². The smallest absolute Gasteiger partial charge is 0.306 e. The molecule has 3 rings (SSSR count). The van der Waals surface area contributed by atoms with Crippen molar-refractivity contribution in [3.8, 4) is 5.75 Å². The van der Waals surface area contributed by atoms with Crippen LogP contribution in [0.4, 0.5) is 0 Å².